The maximum absolute atomic E-state index is 11.5. The van der Waals surface area contributed by atoms with Crippen molar-refractivity contribution >= 4 is 17.9 Å². The van der Waals surface area contributed by atoms with Crippen LogP contribution in [0.15, 0.2) is 0 Å². The predicted octanol–water partition coefficient (Wildman–Crippen LogP) is -0.0250. The second-order valence-corrected chi connectivity index (χ2v) is 3.89. The summed E-state index contributed by atoms with van der Waals surface area (Å²) in [5.74, 6) is -0.719. The lowest BCUT2D eigenvalue weighted by molar-refractivity contribution is -0.137. The van der Waals surface area contributed by atoms with Gasteiger partial charge in [-0.05, 0) is 25.0 Å². The first kappa shape index (κ1) is 13.9. The van der Waals surface area contributed by atoms with Gasteiger partial charge in [-0.3, -0.25) is 10.1 Å². The van der Waals surface area contributed by atoms with E-state index in [2.05, 4.69) is 26.0 Å². The second kappa shape index (κ2) is 6.52. The monoisotopic (exact) mass is 256 g/mol. The first-order chi connectivity index (χ1) is 8.47. The topological polar surface area (TPSA) is 122 Å². The highest BCUT2D eigenvalue weighted by molar-refractivity contribution is 5.87. The number of carbonyl (C=O) groups excluding carboxylic acids is 1. The van der Waals surface area contributed by atoms with Crippen molar-refractivity contribution in [2.75, 3.05) is 5.32 Å². The number of hydrogen-bond donors (Lipinski definition) is 3. The van der Waals surface area contributed by atoms with Gasteiger partial charge in [0.15, 0.2) is 0 Å². The Bertz CT molecular complexity index is 418. The Balaban J connectivity index is 2.25. The summed E-state index contributed by atoms with van der Waals surface area (Å²) >= 11 is 0. The zero-order chi connectivity index (χ0) is 13.5. The molecule has 0 spiro atoms. The number of aromatic nitrogens is 4. The summed E-state index contributed by atoms with van der Waals surface area (Å²) in [6, 6.07) is -0.563. The number of carboxylic acids is 1. The fraction of sp³-hybridized carbons (Fsp3) is 0.667. The summed E-state index contributed by atoms with van der Waals surface area (Å²) in [6.07, 6.45) is 1.20. The highest BCUT2D eigenvalue weighted by Gasteiger charge is 2.10. The van der Waals surface area contributed by atoms with Gasteiger partial charge in [0.1, 0.15) is 0 Å². The summed E-state index contributed by atoms with van der Waals surface area (Å²) in [5.41, 5.74) is 0. The van der Waals surface area contributed by atoms with Gasteiger partial charge in [-0.1, -0.05) is 5.10 Å². The molecule has 2 amide bonds. The molecule has 1 heterocycles. The molecule has 1 atom stereocenters. The number of urea groups is 1. The molecule has 0 radical (unpaired) electrons. The van der Waals surface area contributed by atoms with Gasteiger partial charge in [0.25, 0.3) is 5.95 Å². The third-order valence-corrected chi connectivity index (χ3v) is 2.14. The van der Waals surface area contributed by atoms with E-state index in [1.807, 2.05) is 0 Å². The molecular weight excluding hydrogens is 240 g/mol. The number of hydrogen-bond acceptors (Lipinski definition) is 5. The third-order valence-electron chi connectivity index (χ3n) is 2.14. The Morgan fingerprint density at radius 3 is 2.78 bits per heavy atom. The van der Waals surface area contributed by atoms with Crippen LogP contribution in [0.25, 0.3) is 0 Å². The van der Waals surface area contributed by atoms with E-state index in [0.717, 1.165) is 0 Å². The number of carbonyl (C=O) groups is 2. The van der Waals surface area contributed by atoms with Gasteiger partial charge in [-0.25, -0.2) is 4.79 Å². The molecule has 18 heavy (non-hydrogen) atoms. The lowest BCUT2D eigenvalue weighted by Gasteiger charge is -2.12. The van der Waals surface area contributed by atoms with E-state index >= 15 is 0 Å². The van der Waals surface area contributed by atoms with Crippen molar-refractivity contribution in [1.82, 2.24) is 25.5 Å². The highest BCUT2D eigenvalue weighted by atomic mass is 16.4. The Labute approximate surface area is 104 Å². The minimum atomic E-state index is -0.838. The van der Waals surface area contributed by atoms with Crippen LogP contribution in [0.5, 0.6) is 0 Å². The van der Waals surface area contributed by atoms with E-state index in [0.29, 0.717) is 12.8 Å². The van der Waals surface area contributed by atoms with Crippen LogP contribution in [0.3, 0.4) is 0 Å². The minimum absolute atomic E-state index is 0.0966. The number of amides is 2. The molecule has 0 aliphatic rings. The largest absolute Gasteiger partial charge is 0.481 e. The number of aliphatic carboxylic acids is 1. The Kier molecular flexibility index (Phi) is 5.03. The molecule has 9 heteroatoms. The molecule has 0 aliphatic heterocycles. The van der Waals surface area contributed by atoms with Crippen LogP contribution in [-0.4, -0.2) is 43.4 Å². The number of rotatable bonds is 6. The summed E-state index contributed by atoms with van der Waals surface area (Å²) in [5, 5.41) is 24.5. The predicted molar refractivity (Wildman–Crippen MR) is 61.9 cm³/mol. The van der Waals surface area contributed by atoms with E-state index in [-0.39, 0.29) is 18.4 Å². The molecular formula is C9H16N6O3. The Morgan fingerprint density at radius 2 is 2.22 bits per heavy atom. The van der Waals surface area contributed by atoms with Crippen LogP contribution in [0.1, 0.15) is 26.2 Å². The van der Waals surface area contributed by atoms with Crippen molar-refractivity contribution in [2.24, 2.45) is 7.05 Å². The lowest BCUT2D eigenvalue weighted by Crippen LogP contribution is -2.36. The van der Waals surface area contributed by atoms with Crippen molar-refractivity contribution in [3.05, 3.63) is 0 Å². The summed E-state index contributed by atoms with van der Waals surface area (Å²) in [4.78, 5) is 23.0. The molecule has 0 saturated carbocycles. The highest BCUT2D eigenvalue weighted by Crippen LogP contribution is 2.01. The van der Waals surface area contributed by atoms with Gasteiger partial charge < -0.3 is 10.4 Å². The average Bonchev–Trinajstić information content (AvgIpc) is 2.62. The smallest absolute Gasteiger partial charge is 0.321 e. The van der Waals surface area contributed by atoms with E-state index in [1.54, 1.807) is 14.0 Å². The quantitative estimate of drug-likeness (QED) is 0.657. The summed E-state index contributed by atoms with van der Waals surface area (Å²) in [7, 11) is 1.59. The molecule has 0 aliphatic carbocycles. The lowest BCUT2D eigenvalue weighted by atomic mass is 10.1. The molecule has 1 aromatic heterocycles. The number of nitrogens with one attached hydrogen (secondary N) is 2. The zero-order valence-corrected chi connectivity index (χ0v) is 10.3. The fourth-order valence-electron chi connectivity index (χ4n) is 1.33. The van der Waals surface area contributed by atoms with Gasteiger partial charge in [0.2, 0.25) is 0 Å². The summed E-state index contributed by atoms with van der Waals surface area (Å²) < 4.78 is 0. The van der Waals surface area contributed by atoms with Crippen molar-refractivity contribution in [3.63, 3.8) is 0 Å². The maximum Gasteiger partial charge on any atom is 0.321 e. The first-order valence-corrected chi connectivity index (χ1v) is 5.50. The Hall–Kier alpha value is -2.19. The average molecular weight is 256 g/mol. The molecule has 1 aromatic rings. The second-order valence-electron chi connectivity index (χ2n) is 3.89. The van der Waals surface area contributed by atoms with Crippen LogP contribution < -0.4 is 10.6 Å². The molecule has 100 valence electrons. The molecule has 1 unspecified atom stereocenters. The fourth-order valence-corrected chi connectivity index (χ4v) is 1.33. The molecule has 0 saturated heterocycles. The third kappa shape index (κ3) is 5.23. The number of tetrazole rings is 1. The molecule has 0 bridgehead atoms. The van der Waals surface area contributed by atoms with Crippen LogP contribution in [0, 0.1) is 0 Å². The summed E-state index contributed by atoms with van der Waals surface area (Å²) in [6.45, 7) is 1.80. The maximum atomic E-state index is 11.5. The van der Waals surface area contributed by atoms with Crippen LogP contribution in [0.2, 0.25) is 0 Å². The van der Waals surface area contributed by atoms with Crippen molar-refractivity contribution < 1.29 is 14.7 Å². The number of anilines is 1. The SMILES string of the molecule is CC(CCCC(=O)O)NC(=O)Nc1nnn(C)n1. The molecule has 9 nitrogen and oxygen atoms in total. The van der Waals surface area contributed by atoms with E-state index in [9.17, 15) is 9.59 Å². The van der Waals surface area contributed by atoms with E-state index in [1.165, 1.54) is 4.80 Å². The zero-order valence-electron chi connectivity index (χ0n) is 10.3. The van der Waals surface area contributed by atoms with Gasteiger partial charge in [-0.2, -0.15) is 4.80 Å². The van der Waals surface area contributed by atoms with Gasteiger partial charge in [-0.15, -0.1) is 5.10 Å². The van der Waals surface area contributed by atoms with Crippen LogP contribution in [-0.2, 0) is 11.8 Å². The molecule has 0 aromatic carbocycles. The van der Waals surface area contributed by atoms with Gasteiger partial charge >= 0.3 is 12.0 Å². The van der Waals surface area contributed by atoms with Gasteiger partial charge in [0.05, 0.1) is 7.05 Å². The van der Waals surface area contributed by atoms with Crippen molar-refractivity contribution in [3.8, 4) is 0 Å². The van der Waals surface area contributed by atoms with Crippen molar-refractivity contribution in [1.29, 1.82) is 0 Å². The molecule has 3 N–H and O–H groups in total. The van der Waals surface area contributed by atoms with Crippen molar-refractivity contribution in [2.45, 2.75) is 32.2 Å². The normalized spacial score (nSPS) is 11.9. The van der Waals surface area contributed by atoms with E-state index < -0.39 is 12.0 Å². The van der Waals surface area contributed by atoms with Crippen LogP contribution >= 0.6 is 0 Å². The number of aryl methyl sites for hydroxylation is 1. The molecule has 1 rings (SSSR count). The standard InChI is InChI=1S/C9H16N6O3/c1-6(4-3-5-7(16)17)10-9(18)11-8-12-14-15(2)13-8/h6H,3-5H2,1-2H3,(H,16,17)(H2,10,11,13,18). The van der Waals surface area contributed by atoms with Crippen LogP contribution in [0.4, 0.5) is 10.7 Å². The van der Waals surface area contributed by atoms with Gasteiger partial charge in [0, 0.05) is 12.5 Å². The number of carboxylic acid groups (broad SMARTS) is 1. The first-order valence-electron chi connectivity index (χ1n) is 5.50. The van der Waals surface area contributed by atoms with E-state index in [4.69, 9.17) is 5.11 Å². The Morgan fingerprint density at radius 1 is 1.50 bits per heavy atom. The molecule has 0 fully saturated rings. The minimum Gasteiger partial charge on any atom is -0.481 e. The number of nitrogens with zero attached hydrogens (tertiary/aromatic N) is 4.